The van der Waals surface area contributed by atoms with Crippen LogP contribution in [0.25, 0.3) is 0 Å². The van der Waals surface area contributed by atoms with Gasteiger partial charge in [-0.3, -0.25) is 0 Å². The number of rotatable bonds is 3. The first-order chi connectivity index (χ1) is 7.81. The summed E-state index contributed by atoms with van der Waals surface area (Å²) >= 11 is 0. The van der Waals surface area contributed by atoms with Crippen molar-refractivity contribution in [1.29, 1.82) is 0 Å². The zero-order chi connectivity index (χ0) is 11.4. The SMILES string of the molecule is Cc1ccccc1Cc1ccccc1OP. The second-order valence-corrected chi connectivity index (χ2v) is 4.06. The zero-order valence-corrected chi connectivity index (χ0v) is 10.5. The molecule has 0 aliphatic carbocycles. The van der Waals surface area contributed by atoms with Gasteiger partial charge in [-0.1, -0.05) is 42.5 Å². The fourth-order valence-electron chi connectivity index (χ4n) is 1.78. The summed E-state index contributed by atoms with van der Waals surface area (Å²) in [6.45, 7) is 2.14. The highest BCUT2D eigenvalue weighted by atomic mass is 31.0. The Hall–Kier alpha value is -1.33. The molecule has 2 aromatic carbocycles. The molecule has 1 nitrogen and oxygen atoms in total. The van der Waals surface area contributed by atoms with Crippen molar-refractivity contribution in [3.05, 3.63) is 65.2 Å². The van der Waals surface area contributed by atoms with E-state index in [-0.39, 0.29) is 0 Å². The normalized spacial score (nSPS) is 10.1. The third kappa shape index (κ3) is 2.43. The van der Waals surface area contributed by atoms with E-state index in [0.29, 0.717) is 0 Å². The fraction of sp³-hybridized carbons (Fsp3) is 0.143. The number of hydrogen-bond donors (Lipinski definition) is 0. The van der Waals surface area contributed by atoms with E-state index in [1.54, 1.807) is 0 Å². The Balaban J connectivity index is 2.30. The molecule has 0 aliphatic heterocycles. The lowest BCUT2D eigenvalue weighted by Crippen LogP contribution is -1.93. The summed E-state index contributed by atoms with van der Waals surface area (Å²) < 4.78 is 5.27. The number of benzene rings is 2. The molecule has 0 aliphatic rings. The lowest BCUT2D eigenvalue weighted by molar-refractivity contribution is 0.636. The number of para-hydroxylation sites is 1. The van der Waals surface area contributed by atoms with Gasteiger partial charge < -0.3 is 4.52 Å². The molecule has 2 rings (SSSR count). The van der Waals surface area contributed by atoms with Gasteiger partial charge in [0.1, 0.15) is 5.75 Å². The van der Waals surface area contributed by atoms with Gasteiger partial charge in [-0.2, -0.15) is 0 Å². The number of hydrogen-bond acceptors (Lipinski definition) is 1. The molecule has 82 valence electrons. The number of aryl methyl sites for hydroxylation is 1. The van der Waals surface area contributed by atoms with Gasteiger partial charge >= 0.3 is 0 Å². The molecule has 1 atom stereocenters. The molecule has 0 fully saturated rings. The van der Waals surface area contributed by atoms with Crippen LogP contribution in [0.3, 0.4) is 0 Å². The Morgan fingerprint density at radius 3 is 2.25 bits per heavy atom. The van der Waals surface area contributed by atoms with Gasteiger partial charge in [0, 0.05) is 6.42 Å². The highest BCUT2D eigenvalue weighted by Gasteiger charge is 2.04. The third-order valence-corrected chi connectivity index (χ3v) is 3.00. The topological polar surface area (TPSA) is 9.23 Å². The summed E-state index contributed by atoms with van der Waals surface area (Å²) in [7, 11) is 2.31. The quantitative estimate of drug-likeness (QED) is 0.729. The predicted octanol–water partition coefficient (Wildman–Crippen LogP) is 3.75. The molecule has 1 unspecified atom stereocenters. The van der Waals surface area contributed by atoms with Crippen LogP contribution in [-0.4, -0.2) is 0 Å². The molecule has 0 N–H and O–H groups in total. The molecule has 16 heavy (non-hydrogen) atoms. The van der Waals surface area contributed by atoms with Crippen molar-refractivity contribution in [3.8, 4) is 5.75 Å². The minimum Gasteiger partial charge on any atom is -0.480 e. The van der Waals surface area contributed by atoms with Gasteiger partial charge in [-0.15, -0.1) is 0 Å². The maximum Gasteiger partial charge on any atom is 0.126 e. The summed E-state index contributed by atoms with van der Waals surface area (Å²) in [6.07, 6.45) is 0.914. The van der Waals surface area contributed by atoms with Crippen molar-refractivity contribution < 1.29 is 4.52 Å². The summed E-state index contributed by atoms with van der Waals surface area (Å²) in [5, 5.41) is 0. The van der Waals surface area contributed by atoms with Gasteiger partial charge in [-0.05, 0) is 29.7 Å². The van der Waals surface area contributed by atoms with Gasteiger partial charge in [0.2, 0.25) is 0 Å². The molecule has 0 spiro atoms. The van der Waals surface area contributed by atoms with Crippen molar-refractivity contribution in [2.24, 2.45) is 0 Å². The van der Waals surface area contributed by atoms with E-state index in [4.69, 9.17) is 4.52 Å². The zero-order valence-electron chi connectivity index (χ0n) is 9.31. The largest absolute Gasteiger partial charge is 0.480 e. The maximum absolute atomic E-state index is 5.27. The monoisotopic (exact) mass is 230 g/mol. The van der Waals surface area contributed by atoms with Crippen molar-refractivity contribution >= 4 is 9.47 Å². The average Bonchev–Trinajstić information content (AvgIpc) is 2.33. The van der Waals surface area contributed by atoms with Crippen molar-refractivity contribution in [3.63, 3.8) is 0 Å². The van der Waals surface area contributed by atoms with Crippen LogP contribution >= 0.6 is 9.47 Å². The third-order valence-electron chi connectivity index (χ3n) is 2.74. The Morgan fingerprint density at radius 2 is 1.56 bits per heavy atom. The van der Waals surface area contributed by atoms with E-state index in [0.717, 1.165) is 12.2 Å². The molecule has 0 aromatic heterocycles. The van der Waals surface area contributed by atoms with Crippen LogP contribution in [0.4, 0.5) is 0 Å². The van der Waals surface area contributed by atoms with E-state index in [1.165, 1.54) is 16.7 Å². The summed E-state index contributed by atoms with van der Waals surface area (Å²) in [6, 6.07) is 16.6. The van der Waals surface area contributed by atoms with Crippen LogP contribution in [0, 0.1) is 6.92 Å². The molecule has 0 radical (unpaired) electrons. The second kappa shape index (κ2) is 5.14. The van der Waals surface area contributed by atoms with E-state index in [1.807, 2.05) is 18.2 Å². The molecule has 0 heterocycles. The molecular weight excluding hydrogens is 215 g/mol. The minimum absolute atomic E-state index is 0.914. The molecule has 0 bridgehead atoms. The summed E-state index contributed by atoms with van der Waals surface area (Å²) in [5.41, 5.74) is 3.88. The van der Waals surface area contributed by atoms with Crippen LogP contribution in [0.15, 0.2) is 48.5 Å². The van der Waals surface area contributed by atoms with E-state index in [2.05, 4.69) is 46.7 Å². The predicted molar refractivity (Wildman–Crippen MR) is 70.8 cm³/mol. The molecule has 0 amide bonds. The maximum atomic E-state index is 5.27. The van der Waals surface area contributed by atoms with Gasteiger partial charge in [0.15, 0.2) is 0 Å². The first-order valence-corrected chi connectivity index (χ1v) is 5.77. The van der Waals surface area contributed by atoms with E-state index < -0.39 is 0 Å². The second-order valence-electron chi connectivity index (χ2n) is 3.83. The first kappa shape index (κ1) is 11.2. The fourth-order valence-corrected chi connectivity index (χ4v) is 2.01. The Bertz CT molecular complexity index is 480. The van der Waals surface area contributed by atoms with Gasteiger partial charge in [0.05, 0.1) is 9.47 Å². The first-order valence-electron chi connectivity index (χ1n) is 5.30. The Kier molecular flexibility index (Phi) is 3.58. The summed E-state index contributed by atoms with van der Waals surface area (Å²) in [5.74, 6) is 0.927. The highest BCUT2D eigenvalue weighted by molar-refractivity contribution is 7.10. The lowest BCUT2D eigenvalue weighted by Gasteiger charge is -2.09. The standard InChI is InChI=1S/C14H15OP/c1-11-6-2-3-7-12(11)10-13-8-4-5-9-14(13)15-16/h2-9H,10,16H2,1H3. The van der Waals surface area contributed by atoms with Crippen molar-refractivity contribution in [1.82, 2.24) is 0 Å². The van der Waals surface area contributed by atoms with Crippen molar-refractivity contribution in [2.75, 3.05) is 0 Å². The molecule has 0 saturated carbocycles. The van der Waals surface area contributed by atoms with Gasteiger partial charge in [-0.25, -0.2) is 0 Å². The molecular formula is C14H15OP. The lowest BCUT2D eigenvalue weighted by atomic mass is 10.0. The summed E-state index contributed by atoms with van der Waals surface area (Å²) in [4.78, 5) is 0. The smallest absolute Gasteiger partial charge is 0.126 e. The Morgan fingerprint density at radius 1 is 0.938 bits per heavy atom. The average molecular weight is 230 g/mol. The van der Waals surface area contributed by atoms with Crippen LogP contribution in [0.1, 0.15) is 16.7 Å². The van der Waals surface area contributed by atoms with Crippen LogP contribution in [0.2, 0.25) is 0 Å². The van der Waals surface area contributed by atoms with Crippen LogP contribution in [-0.2, 0) is 6.42 Å². The van der Waals surface area contributed by atoms with E-state index >= 15 is 0 Å². The van der Waals surface area contributed by atoms with Crippen LogP contribution in [0.5, 0.6) is 5.75 Å². The van der Waals surface area contributed by atoms with Gasteiger partial charge in [0.25, 0.3) is 0 Å². The molecule has 2 aromatic rings. The van der Waals surface area contributed by atoms with Crippen molar-refractivity contribution in [2.45, 2.75) is 13.3 Å². The minimum atomic E-state index is 0.914. The molecule has 2 heteroatoms. The highest BCUT2D eigenvalue weighted by Crippen LogP contribution is 2.23. The van der Waals surface area contributed by atoms with E-state index in [9.17, 15) is 0 Å². The van der Waals surface area contributed by atoms with Crippen LogP contribution < -0.4 is 4.52 Å². The molecule has 0 saturated heterocycles. The Labute approximate surface area is 98.7 Å².